The summed E-state index contributed by atoms with van der Waals surface area (Å²) in [6, 6.07) is 19.9. The maximum atomic E-state index is 11.7. The van der Waals surface area contributed by atoms with E-state index in [4.69, 9.17) is 4.74 Å². The van der Waals surface area contributed by atoms with Crippen molar-refractivity contribution in [1.29, 1.82) is 0 Å². The van der Waals surface area contributed by atoms with Gasteiger partial charge in [-0.1, -0.05) is 54.6 Å². The number of alkyl carbamates (subject to hydrolysis) is 1. The fourth-order valence-corrected chi connectivity index (χ4v) is 2.60. The summed E-state index contributed by atoms with van der Waals surface area (Å²) in [7, 11) is 0. The minimum atomic E-state index is -0.394. The second kappa shape index (κ2) is 8.81. The maximum Gasteiger partial charge on any atom is 0.407 e. The zero-order chi connectivity index (χ0) is 18.2. The molecule has 0 atom stereocenters. The molecule has 0 saturated carbocycles. The molecule has 1 amide bonds. The van der Waals surface area contributed by atoms with Crippen molar-refractivity contribution < 1.29 is 9.53 Å². The van der Waals surface area contributed by atoms with Crippen molar-refractivity contribution >= 4 is 23.1 Å². The summed E-state index contributed by atoms with van der Waals surface area (Å²) in [5, 5.41) is 3.88. The number of amides is 1. The molecule has 26 heavy (non-hydrogen) atoms. The van der Waals surface area contributed by atoms with Gasteiger partial charge in [0.05, 0.1) is 5.52 Å². The van der Waals surface area contributed by atoms with Gasteiger partial charge in [-0.2, -0.15) is 0 Å². The average molecular weight is 346 g/mol. The van der Waals surface area contributed by atoms with E-state index < -0.39 is 6.09 Å². The molecule has 2 aromatic carbocycles. The Labute approximate surface area is 153 Å². The molecular weight excluding hydrogens is 324 g/mol. The molecule has 1 aromatic heterocycles. The number of fused-ring (bicyclic) bond motifs is 1. The van der Waals surface area contributed by atoms with E-state index in [-0.39, 0.29) is 6.61 Å². The molecule has 132 valence electrons. The molecule has 4 nitrogen and oxygen atoms in total. The molecule has 0 aliphatic heterocycles. The third kappa shape index (κ3) is 5.18. The summed E-state index contributed by atoms with van der Waals surface area (Å²) in [5.41, 5.74) is 4.12. The molecule has 4 heteroatoms. The topological polar surface area (TPSA) is 51.2 Å². The number of pyridine rings is 1. The predicted octanol–water partition coefficient (Wildman–Crippen LogP) is 4.87. The number of rotatable bonds is 6. The first-order chi connectivity index (χ1) is 12.7. The van der Waals surface area contributed by atoms with Gasteiger partial charge in [-0.05, 0) is 42.7 Å². The van der Waals surface area contributed by atoms with Gasteiger partial charge in [0.2, 0.25) is 0 Å². The predicted molar refractivity (Wildman–Crippen MR) is 105 cm³/mol. The molecule has 0 bridgehead atoms. The summed E-state index contributed by atoms with van der Waals surface area (Å²) >= 11 is 0. The van der Waals surface area contributed by atoms with Crippen LogP contribution in [-0.4, -0.2) is 17.6 Å². The van der Waals surface area contributed by atoms with Crippen LogP contribution in [0.1, 0.15) is 23.2 Å². The van der Waals surface area contributed by atoms with Gasteiger partial charge in [0.15, 0.2) is 0 Å². The van der Waals surface area contributed by atoms with Gasteiger partial charge in [0.1, 0.15) is 6.61 Å². The lowest BCUT2D eigenvalue weighted by atomic mass is 10.1. The summed E-state index contributed by atoms with van der Waals surface area (Å²) in [6.45, 7) is 2.82. The molecule has 0 saturated heterocycles. The fourth-order valence-electron chi connectivity index (χ4n) is 2.60. The minimum absolute atomic E-state index is 0.285. The number of carbonyl (C=O) groups is 1. The molecule has 1 heterocycles. The highest BCUT2D eigenvalue weighted by atomic mass is 16.5. The molecule has 3 aromatic rings. The molecular formula is C22H22N2O2. The number of nitrogens with one attached hydrogen (secondary N) is 1. The highest BCUT2D eigenvalue weighted by Crippen LogP contribution is 2.15. The lowest BCUT2D eigenvalue weighted by Crippen LogP contribution is -2.24. The highest BCUT2D eigenvalue weighted by Gasteiger charge is 2.01. The second-order valence-corrected chi connectivity index (χ2v) is 6.08. The van der Waals surface area contributed by atoms with Crippen molar-refractivity contribution in [2.45, 2.75) is 20.0 Å². The molecule has 0 aliphatic carbocycles. The van der Waals surface area contributed by atoms with Crippen molar-refractivity contribution in [1.82, 2.24) is 10.3 Å². The van der Waals surface area contributed by atoms with Gasteiger partial charge in [-0.3, -0.25) is 4.98 Å². The Morgan fingerprint density at radius 1 is 1.12 bits per heavy atom. The van der Waals surface area contributed by atoms with Crippen LogP contribution < -0.4 is 5.32 Å². The summed E-state index contributed by atoms with van der Waals surface area (Å²) in [5.74, 6) is 0. The molecule has 0 spiro atoms. The molecule has 0 unspecified atom stereocenters. The van der Waals surface area contributed by atoms with Crippen LogP contribution in [0.25, 0.3) is 17.0 Å². The second-order valence-electron chi connectivity index (χ2n) is 6.08. The lowest BCUT2D eigenvalue weighted by molar-refractivity contribution is 0.140. The average Bonchev–Trinajstić information content (AvgIpc) is 2.67. The van der Waals surface area contributed by atoms with E-state index in [1.807, 2.05) is 61.5 Å². The minimum Gasteiger partial charge on any atom is -0.445 e. The number of benzene rings is 2. The number of nitrogens with zero attached hydrogens (tertiary/aromatic N) is 1. The molecule has 0 fully saturated rings. The van der Waals surface area contributed by atoms with Crippen LogP contribution in [-0.2, 0) is 11.3 Å². The number of hydrogen-bond donors (Lipinski definition) is 1. The third-order valence-electron chi connectivity index (χ3n) is 3.96. The van der Waals surface area contributed by atoms with E-state index in [9.17, 15) is 4.79 Å². The first kappa shape index (κ1) is 17.7. The van der Waals surface area contributed by atoms with Crippen molar-refractivity contribution in [2.24, 2.45) is 0 Å². The third-order valence-corrected chi connectivity index (χ3v) is 3.96. The zero-order valence-corrected chi connectivity index (χ0v) is 14.8. The lowest BCUT2D eigenvalue weighted by Gasteiger charge is -2.06. The van der Waals surface area contributed by atoms with Crippen molar-refractivity contribution in [3.05, 3.63) is 83.6 Å². The Kier molecular flexibility index (Phi) is 5.99. The first-order valence-electron chi connectivity index (χ1n) is 8.69. The van der Waals surface area contributed by atoms with E-state index in [1.165, 1.54) is 0 Å². The maximum absolute atomic E-state index is 11.7. The van der Waals surface area contributed by atoms with Gasteiger partial charge < -0.3 is 10.1 Å². The summed E-state index contributed by atoms with van der Waals surface area (Å²) < 4.78 is 5.17. The van der Waals surface area contributed by atoms with E-state index in [2.05, 4.69) is 28.5 Å². The number of ether oxygens (including phenoxy) is 1. The van der Waals surface area contributed by atoms with E-state index >= 15 is 0 Å². The Balaban J connectivity index is 1.41. The van der Waals surface area contributed by atoms with Gasteiger partial charge in [0.25, 0.3) is 0 Å². The normalized spacial score (nSPS) is 11.0. The van der Waals surface area contributed by atoms with Crippen LogP contribution in [0.4, 0.5) is 4.79 Å². The molecule has 3 rings (SSSR count). The smallest absolute Gasteiger partial charge is 0.407 e. The molecule has 0 aliphatic rings. The number of aryl methyl sites for hydroxylation is 1. The van der Waals surface area contributed by atoms with Crippen LogP contribution in [0.15, 0.2) is 66.7 Å². The molecule has 1 N–H and O–H groups in total. The quantitative estimate of drug-likeness (QED) is 0.648. The van der Waals surface area contributed by atoms with Crippen molar-refractivity contribution in [2.75, 3.05) is 6.54 Å². The Bertz CT molecular complexity index is 904. The highest BCUT2D eigenvalue weighted by molar-refractivity contribution is 5.81. The van der Waals surface area contributed by atoms with Crippen LogP contribution in [0.3, 0.4) is 0 Å². The van der Waals surface area contributed by atoms with Crippen LogP contribution in [0, 0.1) is 6.92 Å². The summed E-state index contributed by atoms with van der Waals surface area (Å²) in [6.07, 6.45) is 4.44. The Morgan fingerprint density at radius 3 is 2.81 bits per heavy atom. The summed E-state index contributed by atoms with van der Waals surface area (Å²) in [4.78, 5) is 16.2. The van der Waals surface area contributed by atoms with Crippen LogP contribution >= 0.6 is 0 Å². The SMILES string of the molecule is Cc1ccc2cc(C=CCCNC(=O)OCc3ccccc3)ccc2n1. The van der Waals surface area contributed by atoms with Gasteiger partial charge in [-0.25, -0.2) is 4.79 Å². The number of carbonyl (C=O) groups excluding carboxylic acids is 1. The standard InChI is InChI=1S/C22H22N2O2/c1-17-10-12-20-15-18(11-13-21(20)24-17)7-5-6-14-23-22(25)26-16-19-8-3-2-4-9-19/h2-5,7-13,15H,6,14,16H2,1H3,(H,23,25). The van der Waals surface area contributed by atoms with Crippen LogP contribution in [0.5, 0.6) is 0 Å². The first-order valence-corrected chi connectivity index (χ1v) is 8.69. The van der Waals surface area contributed by atoms with Crippen molar-refractivity contribution in [3.63, 3.8) is 0 Å². The zero-order valence-electron chi connectivity index (χ0n) is 14.8. The Morgan fingerprint density at radius 2 is 1.96 bits per heavy atom. The number of aromatic nitrogens is 1. The van der Waals surface area contributed by atoms with Gasteiger partial charge >= 0.3 is 6.09 Å². The number of hydrogen-bond acceptors (Lipinski definition) is 3. The van der Waals surface area contributed by atoms with E-state index in [1.54, 1.807) is 0 Å². The fraction of sp³-hybridized carbons (Fsp3) is 0.182. The van der Waals surface area contributed by atoms with Crippen molar-refractivity contribution in [3.8, 4) is 0 Å². The molecule has 0 radical (unpaired) electrons. The van der Waals surface area contributed by atoms with Gasteiger partial charge in [0, 0.05) is 17.6 Å². The largest absolute Gasteiger partial charge is 0.445 e. The monoisotopic (exact) mass is 346 g/mol. The van der Waals surface area contributed by atoms with Gasteiger partial charge in [-0.15, -0.1) is 0 Å². The van der Waals surface area contributed by atoms with E-state index in [0.29, 0.717) is 6.54 Å². The van der Waals surface area contributed by atoms with Crippen LogP contribution in [0.2, 0.25) is 0 Å². The van der Waals surface area contributed by atoms with E-state index in [0.717, 1.165) is 34.1 Å². The Hall–Kier alpha value is -3.14.